The third-order valence-electron chi connectivity index (χ3n) is 5.87. The van der Waals surface area contributed by atoms with Crippen molar-refractivity contribution in [2.24, 2.45) is 0 Å². The number of benzene rings is 3. The SMILES string of the molecule is Cc1ccc(C(C)C)c(-c2ccc(C(=O)O)c(C(=O)O)c2-c2cc(C)ccc2C(C)C)c1. The first-order valence-corrected chi connectivity index (χ1v) is 10.9. The van der Waals surface area contributed by atoms with Gasteiger partial charge < -0.3 is 10.2 Å². The fraction of sp³-hybridized carbons (Fsp3) is 0.286. The summed E-state index contributed by atoms with van der Waals surface area (Å²) < 4.78 is 0. The smallest absolute Gasteiger partial charge is 0.337 e. The van der Waals surface area contributed by atoms with Gasteiger partial charge in [-0.05, 0) is 59.6 Å². The Hall–Kier alpha value is -3.40. The zero-order valence-electron chi connectivity index (χ0n) is 19.5. The van der Waals surface area contributed by atoms with E-state index < -0.39 is 11.9 Å². The highest BCUT2D eigenvalue weighted by Crippen LogP contribution is 2.43. The van der Waals surface area contributed by atoms with Crippen molar-refractivity contribution in [2.75, 3.05) is 0 Å². The Morgan fingerprint density at radius 2 is 1.16 bits per heavy atom. The Labute approximate surface area is 189 Å². The summed E-state index contributed by atoms with van der Waals surface area (Å²) in [5.41, 5.74) is 6.67. The van der Waals surface area contributed by atoms with Crippen LogP contribution in [0.3, 0.4) is 0 Å². The average Bonchev–Trinajstić information content (AvgIpc) is 2.71. The molecule has 0 aromatic heterocycles. The molecule has 0 atom stereocenters. The van der Waals surface area contributed by atoms with Crippen LogP contribution < -0.4 is 0 Å². The van der Waals surface area contributed by atoms with Crippen molar-refractivity contribution < 1.29 is 19.8 Å². The Bertz CT molecular complexity index is 1200. The number of aromatic carboxylic acids is 2. The summed E-state index contributed by atoms with van der Waals surface area (Å²) in [6.07, 6.45) is 0. The molecule has 0 aliphatic heterocycles. The second kappa shape index (κ2) is 8.99. The van der Waals surface area contributed by atoms with E-state index in [-0.39, 0.29) is 23.0 Å². The number of carboxylic acid groups (broad SMARTS) is 2. The molecular formula is C28H30O4. The molecule has 0 fully saturated rings. The van der Waals surface area contributed by atoms with Crippen molar-refractivity contribution in [2.45, 2.75) is 53.4 Å². The summed E-state index contributed by atoms with van der Waals surface area (Å²) in [7, 11) is 0. The van der Waals surface area contributed by atoms with Crippen LogP contribution in [0.1, 0.15) is 82.5 Å². The summed E-state index contributed by atoms with van der Waals surface area (Å²) in [5, 5.41) is 20.0. The fourth-order valence-corrected chi connectivity index (χ4v) is 4.30. The van der Waals surface area contributed by atoms with Crippen molar-refractivity contribution in [3.63, 3.8) is 0 Å². The van der Waals surface area contributed by atoms with Crippen molar-refractivity contribution in [3.05, 3.63) is 81.9 Å². The quantitative estimate of drug-likeness (QED) is 0.431. The van der Waals surface area contributed by atoms with Crippen LogP contribution in [0.2, 0.25) is 0 Å². The molecule has 0 saturated heterocycles. The first-order chi connectivity index (χ1) is 15.0. The second-order valence-electron chi connectivity index (χ2n) is 9.01. The van der Waals surface area contributed by atoms with Gasteiger partial charge in [-0.3, -0.25) is 0 Å². The van der Waals surface area contributed by atoms with Gasteiger partial charge in [0.25, 0.3) is 0 Å². The first-order valence-electron chi connectivity index (χ1n) is 10.9. The largest absolute Gasteiger partial charge is 0.478 e. The monoisotopic (exact) mass is 430 g/mol. The van der Waals surface area contributed by atoms with Gasteiger partial charge >= 0.3 is 11.9 Å². The van der Waals surface area contributed by atoms with Gasteiger partial charge in [0.05, 0.1) is 11.1 Å². The number of aryl methyl sites for hydroxylation is 2. The van der Waals surface area contributed by atoms with Crippen LogP contribution in [0, 0.1) is 13.8 Å². The Morgan fingerprint density at radius 1 is 0.656 bits per heavy atom. The van der Waals surface area contributed by atoms with Crippen molar-refractivity contribution >= 4 is 11.9 Å². The summed E-state index contributed by atoms with van der Waals surface area (Å²) in [6.45, 7) is 12.3. The van der Waals surface area contributed by atoms with Gasteiger partial charge in [0, 0.05) is 5.56 Å². The van der Waals surface area contributed by atoms with E-state index in [1.165, 1.54) is 6.07 Å². The van der Waals surface area contributed by atoms with Crippen LogP contribution >= 0.6 is 0 Å². The summed E-state index contributed by atoms with van der Waals surface area (Å²) in [4.78, 5) is 24.5. The second-order valence-corrected chi connectivity index (χ2v) is 9.01. The van der Waals surface area contributed by atoms with Crippen LogP contribution in [-0.4, -0.2) is 22.2 Å². The number of carbonyl (C=O) groups is 2. The van der Waals surface area contributed by atoms with E-state index in [2.05, 4.69) is 45.9 Å². The van der Waals surface area contributed by atoms with Gasteiger partial charge in [-0.1, -0.05) is 81.3 Å². The minimum atomic E-state index is -1.25. The van der Waals surface area contributed by atoms with Crippen LogP contribution in [0.15, 0.2) is 48.5 Å². The lowest BCUT2D eigenvalue weighted by molar-refractivity contribution is 0.0652. The van der Waals surface area contributed by atoms with Gasteiger partial charge in [0.1, 0.15) is 0 Å². The molecule has 2 N–H and O–H groups in total. The van der Waals surface area contributed by atoms with E-state index >= 15 is 0 Å². The molecule has 32 heavy (non-hydrogen) atoms. The molecule has 4 heteroatoms. The molecule has 166 valence electrons. The maximum absolute atomic E-state index is 12.5. The average molecular weight is 431 g/mol. The minimum absolute atomic E-state index is 0.135. The highest BCUT2D eigenvalue weighted by atomic mass is 16.4. The predicted octanol–water partition coefficient (Wildman–Crippen LogP) is 7.28. The molecule has 0 saturated carbocycles. The lowest BCUT2D eigenvalue weighted by Gasteiger charge is -2.23. The Kier molecular flexibility index (Phi) is 6.54. The minimum Gasteiger partial charge on any atom is -0.478 e. The molecule has 4 nitrogen and oxygen atoms in total. The maximum Gasteiger partial charge on any atom is 0.337 e. The van der Waals surface area contributed by atoms with E-state index in [0.29, 0.717) is 5.56 Å². The fourth-order valence-electron chi connectivity index (χ4n) is 4.30. The van der Waals surface area contributed by atoms with E-state index in [4.69, 9.17) is 0 Å². The lowest BCUT2D eigenvalue weighted by Crippen LogP contribution is -2.12. The molecule has 0 spiro atoms. The van der Waals surface area contributed by atoms with Crippen molar-refractivity contribution in [1.82, 2.24) is 0 Å². The van der Waals surface area contributed by atoms with E-state index in [0.717, 1.165) is 38.9 Å². The van der Waals surface area contributed by atoms with Crippen LogP contribution in [0.25, 0.3) is 22.3 Å². The molecule has 0 heterocycles. The molecule has 0 bridgehead atoms. The molecular weight excluding hydrogens is 400 g/mol. The topological polar surface area (TPSA) is 74.6 Å². The van der Waals surface area contributed by atoms with Gasteiger partial charge in [-0.15, -0.1) is 0 Å². The summed E-state index contributed by atoms with van der Waals surface area (Å²) >= 11 is 0. The van der Waals surface area contributed by atoms with Crippen molar-refractivity contribution in [3.8, 4) is 22.3 Å². The predicted molar refractivity (Wildman–Crippen MR) is 129 cm³/mol. The van der Waals surface area contributed by atoms with Crippen LogP contribution in [0.4, 0.5) is 0 Å². The number of hydrogen-bond acceptors (Lipinski definition) is 2. The van der Waals surface area contributed by atoms with E-state index in [1.807, 2.05) is 32.0 Å². The zero-order valence-corrected chi connectivity index (χ0v) is 19.5. The molecule has 0 unspecified atom stereocenters. The van der Waals surface area contributed by atoms with Gasteiger partial charge in [-0.25, -0.2) is 9.59 Å². The lowest BCUT2D eigenvalue weighted by atomic mass is 9.81. The molecule has 3 aromatic rings. The van der Waals surface area contributed by atoms with Gasteiger partial charge in [0.15, 0.2) is 0 Å². The highest BCUT2D eigenvalue weighted by Gasteiger charge is 2.27. The summed E-state index contributed by atoms with van der Waals surface area (Å²) in [6, 6.07) is 15.4. The Balaban J connectivity index is 2.58. The number of hydrogen-bond donors (Lipinski definition) is 2. The van der Waals surface area contributed by atoms with Crippen LogP contribution in [0.5, 0.6) is 0 Å². The molecule has 0 radical (unpaired) electrons. The third kappa shape index (κ3) is 4.31. The van der Waals surface area contributed by atoms with Gasteiger partial charge in [-0.2, -0.15) is 0 Å². The van der Waals surface area contributed by atoms with E-state index in [9.17, 15) is 19.8 Å². The standard InChI is InChI=1S/C28H30O4/c1-15(2)19-9-7-17(5)13-23(19)21-11-12-22(27(29)30)26(28(31)32)25(21)24-14-18(6)8-10-20(24)16(3)4/h7-16H,1-6H3,(H,29,30)(H,31,32). The number of rotatable bonds is 6. The van der Waals surface area contributed by atoms with Crippen LogP contribution in [-0.2, 0) is 0 Å². The zero-order chi connectivity index (χ0) is 23.7. The molecule has 0 amide bonds. The molecule has 3 aromatic carbocycles. The highest BCUT2D eigenvalue weighted by molar-refractivity contribution is 6.10. The number of carboxylic acids is 2. The molecule has 0 aliphatic rings. The molecule has 0 aliphatic carbocycles. The van der Waals surface area contributed by atoms with E-state index in [1.54, 1.807) is 6.07 Å². The first kappa shape index (κ1) is 23.3. The van der Waals surface area contributed by atoms with Gasteiger partial charge in [0.2, 0.25) is 0 Å². The normalized spacial score (nSPS) is 11.2. The van der Waals surface area contributed by atoms with Crippen molar-refractivity contribution in [1.29, 1.82) is 0 Å². The summed E-state index contributed by atoms with van der Waals surface area (Å²) in [5.74, 6) is -2.14. The maximum atomic E-state index is 12.5. The molecule has 3 rings (SSSR count). The third-order valence-corrected chi connectivity index (χ3v) is 5.87. The Morgan fingerprint density at radius 3 is 1.62 bits per heavy atom.